The summed E-state index contributed by atoms with van der Waals surface area (Å²) in [6, 6.07) is 21.2. The number of thiazole rings is 1. The molecule has 0 aliphatic rings. The Kier molecular flexibility index (Phi) is 5.74. The first-order chi connectivity index (χ1) is 15.0. The average molecular weight is 427 g/mol. The molecule has 0 atom stereocenters. The molecule has 0 spiro atoms. The monoisotopic (exact) mass is 427 g/mol. The van der Waals surface area contributed by atoms with Crippen LogP contribution in [0.5, 0.6) is 11.5 Å². The summed E-state index contributed by atoms with van der Waals surface area (Å²) in [5, 5.41) is 12.6. The number of ketones is 1. The maximum absolute atomic E-state index is 12.5. The molecule has 0 aliphatic carbocycles. The number of Topliss-reactive ketones (excluding diaryl/α,β-unsaturated/α-hetero) is 1. The lowest BCUT2D eigenvalue weighted by Crippen LogP contribution is -2.11. The van der Waals surface area contributed by atoms with E-state index in [0.29, 0.717) is 34.7 Å². The first-order valence-electron chi connectivity index (χ1n) is 9.48. The number of anilines is 1. The summed E-state index contributed by atoms with van der Waals surface area (Å²) in [6.07, 6.45) is 0.328. The Morgan fingerprint density at radius 1 is 1.06 bits per heavy atom. The normalized spacial score (nSPS) is 10.5. The number of aromatic nitrogens is 1. The molecule has 1 aromatic heterocycles. The fraction of sp³-hybridized carbons (Fsp3) is 0.0833. The van der Waals surface area contributed by atoms with Gasteiger partial charge in [-0.05, 0) is 49.4 Å². The molecule has 0 unspecified atom stereocenters. The molecular formula is C24H17N3O3S. The molecule has 1 N–H and O–H groups in total. The first kappa shape index (κ1) is 20.3. The van der Waals surface area contributed by atoms with Gasteiger partial charge in [-0.15, -0.1) is 11.3 Å². The van der Waals surface area contributed by atoms with Crippen molar-refractivity contribution in [1.29, 1.82) is 5.26 Å². The van der Waals surface area contributed by atoms with Crippen LogP contribution in [-0.2, 0) is 11.2 Å². The maximum Gasteiger partial charge on any atom is 0.255 e. The second-order valence-corrected chi connectivity index (χ2v) is 8.01. The van der Waals surface area contributed by atoms with Crippen molar-refractivity contribution in [2.75, 3.05) is 5.32 Å². The third-order valence-electron chi connectivity index (χ3n) is 4.39. The van der Waals surface area contributed by atoms with E-state index >= 15 is 0 Å². The Bertz CT molecular complexity index is 1340. The second-order valence-electron chi connectivity index (χ2n) is 6.89. The number of ether oxygens (including phenoxy) is 1. The molecule has 4 aromatic rings. The van der Waals surface area contributed by atoms with Gasteiger partial charge in [0.05, 0.1) is 28.3 Å². The van der Waals surface area contributed by atoms with E-state index in [-0.39, 0.29) is 11.7 Å². The summed E-state index contributed by atoms with van der Waals surface area (Å²) >= 11 is 1.47. The highest BCUT2D eigenvalue weighted by atomic mass is 32.1. The number of rotatable bonds is 6. The number of hydrogen-bond acceptors (Lipinski definition) is 6. The number of amides is 1. The van der Waals surface area contributed by atoms with Crippen LogP contribution in [-0.4, -0.2) is 16.7 Å². The van der Waals surface area contributed by atoms with E-state index in [1.807, 2.05) is 24.3 Å². The van der Waals surface area contributed by atoms with Crippen LogP contribution in [0.25, 0.3) is 10.2 Å². The molecule has 4 rings (SSSR count). The van der Waals surface area contributed by atoms with Crippen molar-refractivity contribution in [2.45, 2.75) is 13.3 Å². The summed E-state index contributed by atoms with van der Waals surface area (Å²) in [5.74, 6) is 0.971. The number of fused-ring (bicyclic) bond motifs is 1. The number of nitrogens with one attached hydrogen (secondary N) is 1. The van der Waals surface area contributed by atoms with Gasteiger partial charge >= 0.3 is 0 Å². The Morgan fingerprint density at radius 2 is 1.87 bits per heavy atom. The van der Waals surface area contributed by atoms with Crippen molar-refractivity contribution < 1.29 is 14.3 Å². The van der Waals surface area contributed by atoms with Crippen molar-refractivity contribution in [3.05, 3.63) is 82.9 Å². The van der Waals surface area contributed by atoms with Crippen LogP contribution in [0.1, 0.15) is 27.9 Å². The summed E-state index contributed by atoms with van der Waals surface area (Å²) < 4.78 is 6.90. The predicted octanol–water partition coefficient (Wildman–Crippen LogP) is 5.34. The molecule has 1 amide bonds. The standard InChI is InChI=1S/C24H17N3O3S/c1-15(28)10-23-27-21-9-8-20(13-22(21)31-23)30-19-7-3-6-18(12-19)26-24(29)17-5-2-4-16(11-17)14-25/h2-9,11-13H,10H2,1H3,(H,26,29). The molecule has 6 nitrogen and oxygen atoms in total. The highest BCUT2D eigenvalue weighted by molar-refractivity contribution is 7.18. The third kappa shape index (κ3) is 4.94. The zero-order valence-electron chi connectivity index (χ0n) is 16.6. The number of carbonyl (C=O) groups is 2. The van der Waals surface area contributed by atoms with E-state index < -0.39 is 0 Å². The first-order valence-corrected chi connectivity index (χ1v) is 10.3. The van der Waals surface area contributed by atoms with E-state index in [0.717, 1.165) is 15.2 Å². The minimum atomic E-state index is -0.307. The van der Waals surface area contributed by atoms with E-state index in [2.05, 4.69) is 10.3 Å². The van der Waals surface area contributed by atoms with E-state index in [4.69, 9.17) is 10.00 Å². The van der Waals surface area contributed by atoms with Crippen LogP contribution in [0, 0.1) is 11.3 Å². The van der Waals surface area contributed by atoms with Gasteiger partial charge < -0.3 is 10.1 Å². The average Bonchev–Trinajstić information content (AvgIpc) is 3.14. The van der Waals surface area contributed by atoms with Crippen LogP contribution in [0.3, 0.4) is 0 Å². The maximum atomic E-state index is 12.5. The van der Waals surface area contributed by atoms with Crippen LogP contribution < -0.4 is 10.1 Å². The highest BCUT2D eigenvalue weighted by Gasteiger charge is 2.10. The number of benzene rings is 3. The molecule has 0 saturated carbocycles. The van der Waals surface area contributed by atoms with Gasteiger partial charge in [0.1, 0.15) is 22.3 Å². The summed E-state index contributed by atoms with van der Waals surface area (Å²) in [6.45, 7) is 1.55. The zero-order chi connectivity index (χ0) is 21.8. The summed E-state index contributed by atoms with van der Waals surface area (Å²) in [7, 11) is 0. The predicted molar refractivity (Wildman–Crippen MR) is 120 cm³/mol. The van der Waals surface area contributed by atoms with Crippen molar-refractivity contribution in [3.63, 3.8) is 0 Å². The van der Waals surface area contributed by atoms with E-state index in [9.17, 15) is 9.59 Å². The number of carbonyl (C=O) groups excluding carboxylic acids is 2. The van der Waals surface area contributed by atoms with Crippen LogP contribution >= 0.6 is 11.3 Å². The van der Waals surface area contributed by atoms with E-state index in [1.165, 1.54) is 11.3 Å². The molecule has 0 fully saturated rings. The SMILES string of the molecule is CC(=O)Cc1nc2ccc(Oc3cccc(NC(=O)c4cccc(C#N)c4)c3)cc2s1. The molecule has 0 saturated heterocycles. The molecule has 31 heavy (non-hydrogen) atoms. The lowest BCUT2D eigenvalue weighted by molar-refractivity contribution is -0.116. The van der Waals surface area contributed by atoms with Gasteiger partial charge in [0.2, 0.25) is 0 Å². The highest BCUT2D eigenvalue weighted by Crippen LogP contribution is 2.30. The smallest absolute Gasteiger partial charge is 0.255 e. The fourth-order valence-electron chi connectivity index (χ4n) is 3.01. The minimum absolute atomic E-state index is 0.0775. The molecule has 152 valence electrons. The fourth-order valence-corrected chi connectivity index (χ4v) is 4.08. The molecule has 1 heterocycles. The second kappa shape index (κ2) is 8.78. The van der Waals surface area contributed by atoms with Gasteiger partial charge in [-0.3, -0.25) is 9.59 Å². The van der Waals surface area contributed by atoms with Gasteiger partial charge in [0.25, 0.3) is 5.91 Å². The molecule has 7 heteroatoms. The number of nitriles is 1. The van der Waals surface area contributed by atoms with Crippen molar-refractivity contribution >= 4 is 38.9 Å². The van der Waals surface area contributed by atoms with Crippen molar-refractivity contribution in [1.82, 2.24) is 4.98 Å². The molecule has 0 radical (unpaired) electrons. The summed E-state index contributed by atoms with van der Waals surface area (Å²) in [5.41, 5.74) is 2.23. The van der Waals surface area contributed by atoms with Crippen LogP contribution in [0.4, 0.5) is 5.69 Å². The Hall–Kier alpha value is -4.02. The molecular weight excluding hydrogens is 410 g/mol. The largest absolute Gasteiger partial charge is 0.457 e. The minimum Gasteiger partial charge on any atom is -0.457 e. The van der Waals surface area contributed by atoms with Gasteiger partial charge in [-0.25, -0.2) is 4.98 Å². The Labute approximate surface area is 182 Å². The van der Waals surface area contributed by atoms with Gasteiger partial charge in [0.15, 0.2) is 0 Å². The van der Waals surface area contributed by atoms with Gasteiger partial charge in [-0.2, -0.15) is 5.26 Å². The molecule has 0 bridgehead atoms. The topological polar surface area (TPSA) is 92.1 Å². The van der Waals surface area contributed by atoms with Gasteiger partial charge in [-0.1, -0.05) is 12.1 Å². The van der Waals surface area contributed by atoms with Gasteiger partial charge in [0, 0.05) is 23.4 Å². The Balaban J connectivity index is 1.50. The van der Waals surface area contributed by atoms with E-state index in [1.54, 1.807) is 55.5 Å². The van der Waals surface area contributed by atoms with Crippen LogP contribution in [0.15, 0.2) is 66.7 Å². The lowest BCUT2D eigenvalue weighted by Gasteiger charge is -2.09. The van der Waals surface area contributed by atoms with Crippen molar-refractivity contribution in [3.8, 4) is 17.6 Å². The lowest BCUT2D eigenvalue weighted by atomic mass is 10.1. The third-order valence-corrected chi connectivity index (χ3v) is 5.40. The quantitative estimate of drug-likeness (QED) is 0.448. The summed E-state index contributed by atoms with van der Waals surface area (Å²) in [4.78, 5) is 28.3. The Morgan fingerprint density at radius 3 is 2.68 bits per heavy atom. The zero-order valence-corrected chi connectivity index (χ0v) is 17.4. The molecule has 0 aliphatic heterocycles. The number of nitrogens with zero attached hydrogens (tertiary/aromatic N) is 2. The number of hydrogen-bond donors (Lipinski definition) is 1. The van der Waals surface area contributed by atoms with Crippen molar-refractivity contribution in [2.24, 2.45) is 0 Å². The van der Waals surface area contributed by atoms with Crippen LogP contribution in [0.2, 0.25) is 0 Å². The molecule has 3 aromatic carbocycles.